The molecule has 0 unspecified atom stereocenters. The fourth-order valence-corrected chi connectivity index (χ4v) is 6.09. The summed E-state index contributed by atoms with van der Waals surface area (Å²) in [6.45, 7) is 5.21. The fraction of sp³-hybridized carbons (Fsp3) is 0.550. The van der Waals surface area contributed by atoms with Gasteiger partial charge in [-0.1, -0.05) is 41.7 Å². The summed E-state index contributed by atoms with van der Waals surface area (Å²) in [5.74, 6) is 1.19. The van der Waals surface area contributed by atoms with Gasteiger partial charge in [-0.25, -0.2) is 0 Å². The number of hydrogen-bond acceptors (Lipinski definition) is 5. The molecule has 3 atom stereocenters. The minimum atomic E-state index is 0.152. The number of aryl methyl sites for hydroxylation is 1. The Kier molecular flexibility index (Phi) is 4.05. The maximum Gasteiger partial charge on any atom is 0.267 e. The highest BCUT2D eigenvalue weighted by Crippen LogP contribution is 2.47. The van der Waals surface area contributed by atoms with Crippen molar-refractivity contribution in [2.45, 2.75) is 44.2 Å². The molecule has 1 aromatic heterocycles. The summed E-state index contributed by atoms with van der Waals surface area (Å²) in [5, 5.41) is 4.17. The summed E-state index contributed by atoms with van der Waals surface area (Å²) in [6.07, 6.45) is 3.19. The number of amides is 1. The highest BCUT2D eigenvalue weighted by Gasteiger charge is 2.54. The number of carbonyl (C=O) groups is 1. The van der Waals surface area contributed by atoms with E-state index in [0.717, 1.165) is 23.5 Å². The number of rotatable bonds is 3. The topological polar surface area (TPSA) is 49.3 Å². The number of fused-ring (bicyclic) bond motifs is 2. The van der Waals surface area contributed by atoms with E-state index in [9.17, 15) is 4.79 Å². The Morgan fingerprint density at radius 3 is 2.69 bits per heavy atom. The van der Waals surface area contributed by atoms with Crippen LogP contribution in [0.4, 0.5) is 0 Å². The maximum absolute atomic E-state index is 13.4. The number of benzene rings is 1. The van der Waals surface area contributed by atoms with Gasteiger partial charge in [0.15, 0.2) is 0 Å². The van der Waals surface area contributed by atoms with E-state index in [-0.39, 0.29) is 5.91 Å². The number of nitrogens with zero attached hydrogens (tertiary/aromatic N) is 4. The lowest BCUT2D eigenvalue weighted by Gasteiger charge is -2.51. The quantitative estimate of drug-likeness (QED) is 0.836. The lowest BCUT2D eigenvalue weighted by molar-refractivity contribution is -0.00329. The smallest absolute Gasteiger partial charge is 0.267 e. The molecule has 1 amide bonds. The van der Waals surface area contributed by atoms with E-state index in [1.54, 1.807) is 0 Å². The molecule has 4 fully saturated rings. The third kappa shape index (κ3) is 2.42. The van der Waals surface area contributed by atoms with E-state index in [0.29, 0.717) is 23.9 Å². The van der Waals surface area contributed by atoms with Gasteiger partial charge >= 0.3 is 0 Å². The minimum absolute atomic E-state index is 0.152. The zero-order valence-corrected chi connectivity index (χ0v) is 15.9. The highest BCUT2D eigenvalue weighted by atomic mass is 32.1. The number of likely N-dealkylation sites (tertiary alicyclic amines) is 1. The van der Waals surface area contributed by atoms with E-state index in [2.05, 4.69) is 49.7 Å². The number of piperidine rings is 3. The molecule has 4 aliphatic heterocycles. The molecular formula is C20H24N4OS. The first kappa shape index (κ1) is 16.4. The molecule has 6 heteroatoms. The van der Waals surface area contributed by atoms with Crippen LogP contribution in [0.2, 0.25) is 0 Å². The summed E-state index contributed by atoms with van der Waals surface area (Å²) < 4.78 is 4.05. The maximum atomic E-state index is 13.4. The summed E-state index contributed by atoms with van der Waals surface area (Å²) >= 11 is 1.26. The Morgan fingerprint density at radius 1 is 1.19 bits per heavy atom. The lowest BCUT2D eigenvalue weighted by Crippen LogP contribution is -2.60. The summed E-state index contributed by atoms with van der Waals surface area (Å²) in [5.41, 5.74) is 2.21. The Hall–Kier alpha value is -1.79. The van der Waals surface area contributed by atoms with Crippen LogP contribution in [0.25, 0.3) is 0 Å². The number of hydrogen-bond donors (Lipinski definition) is 0. The van der Waals surface area contributed by atoms with Gasteiger partial charge in [0.1, 0.15) is 4.88 Å². The highest BCUT2D eigenvalue weighted by molar-refractivity contribution is 7.08. The average molecular weight is 369 g/mol. The molecule has 0 N–H and O–H groups in total. The molecule has 0 radical (unpaired) electrons. The molecule has 5 nitrogen and oxygen atoms in total. The van der Waals surface area contributed by atoms with Crippen LogP contribution in [0.3, 0.4) is 0 Å². The SMILES string of the molecule is CCc1nnsc1C(=O)N1C[C@@H](c2ccccc2)[C@@H]2[C@H]1C1CCN2CC1. The van der Waals surface area contributed by atoms with Gasteiger partial charge in [0.2, 0.25) is 0 Å². The van der Waals surface area contributed by atoms with Gasteiger partial charge in [-0.3, -0.25) is 9.69 Å². The van der Waals surface area contributed by atoms with Crippen molar-refractivity contribution in [2.75, 3.05) is 19.6 Å². The predicted molar refractivity (Wildman–Crippen MR) is 101 cm³/mol. The molecule has 136 valence electrons. The first-order valence-corrected chi connectivity index (χ1v) is 10.5. The summed E-state index contributed by atoms with van der Waals surface area (Å²) in [6, 6.07) is 11.6. The second kappa shape index (κ2) is 6.43. The zero-order valence-electron chi connectivity index (χ0n) is 15.0. The summed E-state index contributed by atoms with van der Waals surface area (Å²) in [7, 11) is 0. The lowest BCUT2D eigenvalue weighted by atomic mass is 9.75. The second-order valence-corrected chi connectivity index (χ2v) is 8.49. The molecule has 4 aliphatic rings. The van der Waals surface area contributed by atoms with Gasteiger partial charge in [0.25, 0.3) is 5.91 Å². The van der Waals surface area contributed by atoms with E-state index < -0.39 is 0 Å². The molecule has 6 rings (SSSR count). The molecule has 2 bridgehead atoms. The monoisotopic (exact) mass is 368 g/mol. The predicted octanol–water partition coefficient (Wildman–Crippen LogP) is 2.80. The molecule has 0 spiro atoms. The van der Waals surface area contributed by atoms with E-state index in [1.165, 1.54) is 43.0 Å². The van der Waals surface area contributed by atoms with Crippen LogP contribution in [-0.4, -0.2) is 57.0 Å². The average Bonchev–Trinajstić information content (AvgIpc) is 3.35. The van der Waals surface area contributed by atoms with Gasteiger partial charge in [-0.15, -0.1) is 5.10 Å². The van der Waals surface area contributed by atoms with Gasteiger partial charge < -0.3 is 4.90 Å². The van der Waals surface area contributed by atoms with Crippen LogP contribution < -0.4 is 0 Å². The Morgan fingerprint density at radius 2 is 1.96 bits per heavy atom. The van der Waals surface area contributed by atoms with Crippen molar-refractivity contribution in [1.29, 1.82) is 0 Å². The molecular weight excluding hydrogens is 344 g/mol. The third-order valence-electron chi connectivity index (χ3n) is 6.57. The molecule has 0 saturated carbocycles. The number of carbonyl (C=O) groups excluding carboxylic acids is 1. The van der Waals surface area contributed by atoms with E-state index >= 15 is 0 Å². The zero-order chi connectivity index (χ0) is 17.7. The molecule has 1 aromatic carbocycles. The van der Waals surface area contributed by atoms with Gasteiger partial charge in [0.05, 0.1) is 11.7 Å². The van der Waals surface area contributed by atoms with E-state index in [1.807, 2.05) is 6.92 Å². The van der Waals surface area contributed by atoms with Gasteiger partial charge in [0, 0.05) is 18.5 Å². The van der Waals surface area contributed by atoms with Crippen molar-refractivity contribution in [3.05, 3.63) is 46.5 Å². The van der Waals surface area contributed by atoms with Crippen LogP contribution in [0.1, 0.15) is 46.6 Å². The first-order chi connectivity index (χ1) is 12.8. The van der Waals surface area contributed by atoms with Gasteiger partial charge in [-0.05, 0) is 55.4 Å². The van der Waals surface area contributed by atoms with Crippen molar-refractivity contribution in [3.63, 3.8) is 0 Å². The van der Waals surface area contributed by atoms with Gasteiger partial charge in [-0.2, -0.15) is 0 Å². The van der Waals surface area contributed by atoms with Crippen molar-refractivity contribution >= 4 is 17.4 Å². The van der Waals surface area contributed by atoms with E-state index in [4.69, 9.17) is 0 Å². The number of aromatic nitrogens is 2. The van der Waals surface area contributed by atoms with Crippen LogP contribution in [0.15, 0.2) is 30.3 Å². The molecule has 5 heterocycles. The Balaban J connectivity index is 1.53. The standard InChI is InChI=1S/C20H24N4OS/c1-2-16-19(26-22-21-16)20(25)24-12-15(13-6-4-3-5-7-13)18-17(24)14-8-10-23(18)11-9-14/h3-7,14-15,17-18H,2,8-12H2,1H3/t15-,17+,18+/m0/s1. The van der Waals surface area contributed by atoms with Crippen molar-refractivity contribution in [1.82, 2.24) is 19.4 Å². The normalized spacial score (nSPS) is 32.7. The minimum Gasteiger partial charge on any atom is -0.332 e. The van der Waals surface area contributed by atoms with Crippen LogP contribution >= 0.6 is 11.5 Å². The largest absolute Gasteiger partial charge is 0.332 e. The molecule has 4 saturated heterocycles. The van der Waals surface area contributed by atoms with Crippen molar-refractivity contribution in [2.24, 2.45) is 5.92 Å². The first-order valence-electron chi connectivity index (χ1n) is 9.69. The second-order valence-electron chi connectivity index (χ2n) is 7.73. The fourth-order valence-electron chi connectivity index (χ4n) is 5.38. The van der Waals surface area contributed by atoms with Crippen molar-refractivity contribution < 1.29 is 4.79 Å². The molecule has 26 heavy (non-hydrogen) atoms. The van der Waals surface area contributed by atoms with Crippen LogP contribution in [0.5, 0.6) is 0 Å². The molecule has 0 aliphatic carbocycles. The van der Waals surface area contributed by atoms with Crippen molar-refractivity contribution in [3.8, 4) is 0 Å². The molecule has 2 aromatic rings. The third-order valence-corrected chi connectivity index (χ3v) is 7.32. The Labute approximate surface area is 158 Å². The van der Waals surface area contributed by atoms with Crippen LogP contribution in [-0.2, 0) is 6.42 Å². The summed E-state index contributed by atoms with van der Waals surface area (Å²) in [4.78, 5) is 19.0. The Bertz CT molecular complexity index is 799. The van der Waals surface area contributed by atoms with Crippen LogP contribution in [0, 0.1) is 5.92 Å².